The van der Waals surface area contributed by atoms with Crippen molar-refractivity contribution in [3.8, 4) is 11.1 Å². The molecule has 4 heteroatoms. The molecular formula is C48H32N2S2. The molecule has 8 aromatic carbocycles. The summed E-state index contributed by atoms with van der Waals surface area (Å²) in [5.41, 5.74) is 9.28. The van der Waals surface area contributed by atoms with E-state index < -0.39 is 0 Å². The molecule has 246 valence electrons. The summed E-state index contributed by atoms with van der Waals surface area (Å²) in [5.74, 6) is 0. The standard InChI is InChI=1S/C48H32N2S2/c1-4-13-33(14-5-1)34-23-25-37(26-24-34)50(39-27-29-41-40-19-10-11-21-44(40)51-46(41)32-39)43-20-12-22-45-48(43)42-30-28-38(31-47(42)52-45)49(35-15-6-2-7-16-35)36-17-8-3-9-18-36/h1-32H. The summed E-state index contributed by atoms with van der Waals surface area (Å²) in [6.07, 6.45) is 0. The van der Waals surface area contributed by atoms with Crippen LogP contribution in [0, 0.1) is 0 Å². The first-order valence-electron chi connectivity index (χ1n) is 17.5. The molecule has 0 bridgehead atoms. The monoisotopic (exact) mass is 700 g/mol. The SMILES string of the molecule is c1ccc(-c2ccc(N(c3ccc4c(c3)sc3ccccc34)c3cccc4sc5cc(N(c6ccccc6)c6ccccc6)ccc5c34)cc2)cc1. The molecule has 0 radical (unpaired) electrons. The van der Waals surface area contributed by atoms with Gasteiger partial charge in [0.15, 0.2) is 0 Å². The minimum absolute atomic E-state index is 1.13. The minimum atomic E-state index is 1.13. The predicted molar refractivity (Wildman–Crippen MR) is 227 cm³/mol. The van der Waals surface area contributed by atoms with E-state index in [9.17, 15) is 0 Å². The first kappa shape index (κ1) is 30.6. The summed E-state index contributed by atoms with van der Waals surface area (Å²) in [7, 11) is 0. The summed E-state index contributed by atoms with van der Waals surface area (Å²) in [4.78, 5) is 4.78. The molecule has 0 fully saturated rings. The molecule has 52 heavy (non-hydrogen) atoms. The van der Waals surface area contributed by atoms with Crippen molar-refractivity contribution in [2.45, 2.75) is 0 Å². The van der Waals surface area contributed by atoms with Gasteiger partial charge >= 0.3 is 0 Å². The Kier molecular flexibility index (Phi) is 7.56. The second-order valence-electron chi connectivity index (χ2n) is 13.0. The summed E-state index contributed by atoms with van der Waals surface area (Å²) in [6, 6.07) is 70.3. The molecular weight excluding hydrogens is 669 g/mol. The van der Waals surface area contributed by atoms with Crippen molar-refractivity contribution in [3.05, 3.63) is 194 Å². The highest BCUT2D eigenvalue weighted by atomic mass is 32.1. The number of fused-ring (bicyclic) bond motifs is 6. The quantitative estimate of drug-likeness (QED) is 0.163. The number of rotatable bonds is 7. The third-order valence-electron chi connectivity index (χ3n) is 9.84. The molecule has 0 N–H and O–H groups in total. The van der Waals surface area contributed by atoms with Crippen molar-refractivity contribution in [1.82, 2.24) is 0 Å². The lowest BCUT2D eigenvalue weighted by atomic mass is 10.0. The van der Waals surface area contributed by atoms with Crippen LogP contribution < -0.4 is 9.80 Å². The van der Waals surface area contributed by atoms with Gasteiger partial charge in [-0.25, -0.2) is 0 Å². The maximum Gasteiger partial charge on any atom is 0.0554 e. The van der Waals surface area contributed by atoms with E-state index in [1.54, 1.807) is 0 Å². The van der Waals surface area contributed by atoms with Crippen LogP contribution in [-0.2, 0) is 0 Å². The van der Waals surface area contributed by atoms with Gasteiger partial charge in [0.05, 0.1) is 5.69 Å². The highest BCUT2D eigenvalue weighted by Gasteiger charge is 2.21. The molecule has 0 unspecified atom stereocenters. The predicted octanol–water partition coefficient (Wildman–Crippen LogP) is 15.0. The van der Waals surface area contributed by atoms with Crippen molar-refractivity contribution in [2.24, 2.45) is 0 Å². The van der Waals surface area contributed by atoms with Crippen molar-refractivity contribution >= 4 is 97.1 Å². The zero-order valence-electron chi connectivity index (χ0n) is 28.2. The van der Waals surface area contributed by atoms with Gasteiger partial charge < -0.3 is 9.80 Å². The number of nitrogens with zero attached hydrogens (tertiary/aromatic N) is 2. The van der Waals surface area contributed by atoms with E-state index >= 15 is 0 Å². The Hall–Kier alpha value is -6.20. The second-order valence-corrected chi connectivity index (χ2v) is 15.1. The number of hydrogen-bond donors (Lipinski definition) is 0. The third kappa shape index (κ3) is 5.32. The summed E-state index contributed by atoms with van der Waals surface area (Å²) in [5, 5.41) is 5.14. The molecule has 0 saturated heterocycles. The van der Waals surface area contributed by atoms with E-state index in [1.807, 2.05) is 22.7 Å². The Morgan fingerprint density at radius 3 is 1.48 bits per heavy atom. The molecule has 0 amide bonds. The lowest BCUT2D eigenvalue weighted by Crippen LogP contribution is -2.10. The topological polar surface area (TPSA) is 6.48 Å². The van der Waals surface area contributed by atoms with Crippen LogP contribution in [0.1, 0.15) is 0 Å². The average molecular weight is 701 g/mol. The fourth-order valence-electron chi connectivity index (χ4n) is 7.44. The molecule has 10 aromatic rings. The Morgan fingerprint density at radius 1 is 0.288 bits per heavy atom. The summed E-state index contributed by atoms with van der Waals surface area (Å²) in [6.45, 7) is 0. The number of benzene rings is 8. The van der Waals surface area contributed by atoms with Crippen molar-refractivity contribution in [3.63, 3.8) is 0 Å². The van der Waals surface area contributed by atoms with E-state index in [2.05, 4.69) is 204 Å². The zero-order chi connectivity index (χ0) is 34.4. The molecule has 0 saturated carbocycles. The highest BCUT2D eigenvalue weighted by Crippen LogP contribution is 2.48. The zero-order valence-corrected chi connectivity index (χ0v) is 29.8. The largest absolute Gasteiger partial charge is 0.310 e. The molecule has 10 rings (SSSR count). The van der Waals surface area contributed by atoms with Crippen molar-refractivity contribution < 1.29 is 0 Å². The fourth-order valence-corrected chi connectivity index (χ4v) is 9.74. The van der Waals surface area contributed by atoms with E-state index in [0.717, 1.165) is 28.4 Å². The first-order chi connectivity index (χ1) is 25.8. The van der Waals surface area contributed by atoms with Crippen LogP contribution in [0.15, 0.2) is 194 Å². The number of hydrogen-bond acceptors (Lipinski definition) is 4. The normalized spacial score (nSPS) is 11.5. The number of thiophene rings is 2. The summed E-state index contributed by atoms with van der Waals surface area (Å²) >= 11 is 3.72. The van der Waals surface area contributed by atoms with Crippen molar-refractivity contribution in [1.29, 1.82) is 0 Å². The van der Waals surface area contributed by atoms with Crippen LogP contribution in [0.4, 0.5) is 34.1 Å². The third-order valence-corrected chi connectivity index (χ3v) is 12.1. The first-order valence-corrected chi connectivity index (χ1v) is 19.1. The molecule has 2 heterocycles. The molecule has 0 aliphatic rings. The Morgan fingerprint density at radius 2 is 0.769 bits per heavy atom. The van der Waals surface area contributed by atoms with E-state index in [1.165, 1.54) is 57.2 Å². The van der Waals surface area contributed by atoms with Gasteiger partial charge in [0.25, 0.3) is 0 Å². The van der Waals surface area contributed by atoms with Gasteiger partial charge in [-0.15, -0.1) is 22.7 Å². The van der Waals surface area contributed by atoms with Crippen LogP contribution in [0.5, 0.6) is 0 Å². The van der Waals surface area contributed by atoms with Gasteiger partial charge in [-0.2, -0.15) is 0 Å². The van der Waals surface area contributed by atoms with Crippen LogP contribution >= 0.6 is 22.7 Å². The molecule has 2 nitrogen and oxygen atoms in total. The lowest BCUT2D eigenvalue weighted by Gasteiger charge is -2.27. The lowest BCUT2D eigenvalue weighted by molar-refractivity contribution is 1.29. The van der Waals surface area contributed by atoms with Crippen LogP contribution in [0.2, 0.25) is 0 Å². The van der Waals surface area contributed by atoms with E-state index in [4.69, 9.17) is 0 Å². The maximum absolute atomic E-state index is 2.45. The molecule has 0 aliphatic carbocycles. The minimum Gasteiger partial charge on any atom is -0.310 e. The molecule has 2 aromatic heterocycles. The second kappa shape index (κ2) is 12.8. The van der Waals surface area contributed by atoms with Gasteiger partial charge in [0.1, 0.15) is 0 Å². The highest BCUT2D eigenvalue weighted by molar-refractivity contribution is 7.26. The Bertz CT molecular complexity index is 2800. The van der Waals surface area contributed by atoms with Crippen molar-refractivity contribution in [2.75, 3.05) is 9.80 Å². The fraction of sp³-hybridized carbons (Fsp3) is 0. The van der Waals surface area contributed by atoms with Gasteiger partial charge in [-0.05, 0) is 90.0 Å². The van der Waals surface area contributed by atoms with Gasteiger partial charge in [0, 0.05) is 68.8 Å². The van der Waals surface area contributed by atoms with E-state index in [-0.39, 0.29) is 0 Å². The van der Waals surface area contributed by atoms with E-state index in [0.29, 0.717) is 0 Å². The molecule has 0 atom stereocenters. The number of anilines is 6. The van der Waals surface area contributed by atoms with Crippen LogP contribution in [0.3, 0.4) is 0 Å². The number of para-hydroxylation sites is 2. The average Bonchev–Trinajstić information content (AvgIpc) is 3.78. The summed E-state index contributed by atoms with van der Waals surface area (Å²) < 4.78 is 5.13. The Labute approximate surface area is 310 Å². The van der Waals surface area contributed by atoms with Gasteiger partial charge in [-0.3, -0.25) is 0 Å². The Balaban J connectivity index is 1.16. The molecule has 0 spiro atoms. The maximum atomic E-state index is 2.45. The molecule has 0 aliphatic heterocycles. The van der Waals surface area contributed by atoms with Crippen LogP contribution in [-0.4, -0.2) is 0 Å². The van der Waals surface area contributed by atoms with Crippen LogP contribution in [0.25, 0.3) is 51.5 Å². The van der Waals surface area contributed by atoms with Gasteiger partial charge in [0.2, 0.25) is 0 Å². The smallest absolute Gasteiger partial charge is 0.0554 e. The van der Waals surface area contributed by atoms with Gasteiger partial charge in [-0.1, -0.05) is 115 Å².